The zero-order chi connectivity index (χ0) is 22.8. The van der Waals surface area contributed by atoms with Gasteiger partial charge in [0, 0.05) is 17.9 Å². The first-order valence-corrected chi connectivity index (χ1v) is 10.9. The minimum Gasteiger partial charge on any atom is -0.409 e. The Morgan fingerprint density at radius 3 is 1.91 bits per heavy atom. The third-order valence-corrected chi connectivity index (χ3v) is 5.87. The van der Waals surface area contributed by atoms with Gasteiger partial charge in [0.1, 0.15) is 5.75 Å². The molecule has 1 atom stereocenters. The van der Waals surface area contributed by atoms with Crippen molar-refractivity contribution in [3.05, 3.63) is 89.0 Å². The van der Waals surface area contributed by atoms with E-state index in [1.54, 1.807) is 12.1 Å². The Kier molecular flexibility index (Phi) is 5.99. The lowest BCUT2D eigenvalue weighted by molar-refractivity contribution is 0.211. The topological polar surface area (TPSA) is 45.1 Å². The number of hydrogen-bond acceptors (Lipinski definition) is 2. The molecule has 3 aromatic rings. The maximum Gasteiger partial charge on any atom is 0.442 e. The highest BCUT2D eigenvalue weighted by molar-refractivity contribution is 6.14. The summed E-state index contributed by atoms with van der Waals surface area (Å²) in [6, 6.07) is 21.7. The SMILES string of the molecule is Cc1cccc(C)c1N1CC(C)N(c2c(C)cccc2C)C1=NC(=O)Oc1ccccc1. The average Bonchev–Trinajstić information content (AvgIpc) is 3.04. The van der Waals surface area contributed by atoms with Crippen molar-refractivity contribution in [1.29, 1.82) is 0 Å². The number of carbonyl (C=O) groups excluding carboxylic acids is 1. The molecule has 0 saturated carbocycles. The predicted molar refractivity (Wildman–Crippen MR) is 131 cm³/mol. The third-order valence-electron chi connectivity index (χ3n) is 5.87. The molecule has 0 bridgehead atoms. The van der Waals surface area contributed by atoms with Crippen LogP contribution in [0.15, 0.2) is 71.7 Å². The summed E-state index contributed by atoms with van der Waals surface area (Å²) >= 11 is 0. The number of guanidine groups is 1. The second-order valence-electron chi connectivity index (χ2n) is 8.40. The molecule has 1 fully saturated rings. The number of nitrogens with zero attached hydrogens (tertiary/aromatic N) is 3. The largest absolute Gasteiger partial charge is 0.442 e. The van der Waals surface area contributed by atoms with Gasteiger partial charge in [-0.05, 0) is 69.0 Å². The fourth-order valence-electron chi connectivity index (χ4n) is 4.49. The molecule has 0 aliphatic carbocycles. The molecule has 3 aromatic carbocycles. The molecule has 0 spiro atoms. The van der Waals surface area contributed by atoms with E-state index in [0.29, 0.717) is 11.7 Å². The molecule has 5 nitrogen and oxygen atoms in total. The zero-order valence-corrected chi connectivity index (χ0v) is 19.3. The summed E-state index contributed by atoms with van der Waals surface area (Å²) in [5.74, 6) is 1.07. The molecule has 4 rings (SSSR count). The van der Waals surface area contributed by atoms with Gasteiger partial charge in [-0.3, -0.25) is 0 Å². The van der Waals surface area contributed by atoms with Crippen molar-refractivity contribution in [3.63, 3.8) is 0 Å². The molecule has 164 valence electrons. The molecular formula is C27H29N3O2. The van der Waals surface area contributed by atoms with Gasteiger partial charge in [-0.25, -0.2) is 4.79 Å². The summed E-state index contributed by atoms with van der Waals surface area (Å²) < 4.78 is 5.52. The van der Waals surface area contributed by atoms with Crippen molar-refractivity contribution < 1.29 is 9.53 Å². The van der Waals surface area contributed by atoms with Gasteiger partial charge in [-0.15, -0.1) is 4.99 Å². The average molecular weight is 428 g/mol. The monoisotopic (exact) mass is 427 g/mol. The number of aryl methyl sites for hydroxylation is 4. The molecule has 1 heterocycles. The van der Waals surface area contributed by atoms with Crippen LogP contribution in [-0.2, 0) is 0 Å². The van der Waals surface area contributed by atoms with Gasteiger partial charge in [0.05, 0.1) is 6.04 Å². The van der Waals surface area contributed by atoms with E-state index in [1.165, 1.54) is 0 Å². The maximum absolute atomic E-state index is 12.9. The molecule has 1 saturated heterocycles. The highest BCUT2D eigenvalue weighted by Gasteiger charge is 2.38. The Hall–Kier alpha value is -3.60. The summed E-state index contributed by atoms with van der Waals surface area (Å²) in [5.41, 5.74) is 6.74. The number of amides is 1. The maximum atomic E-state index is 12.9. The highest BCUT2D eigenvalue weighted by atomic mass is 16.5. The van der Waals surface area contributed by atoms with Crippen LogP contribution in [0.5, 0.6) is 5.75 Å². The van der Waals surface area contributed by atoms with Crippen LogP contribution in [0.1, 0.15) is 29.2 Å². The van der Waals surface area contributed by atoms with Crippen molar-refractivity contribution in [2.45, 2.75) is 40.7 Å². The fourth-order valence-corrected chi connectivity index (χ4v) is 4.49. The molecule has 1 amide bonds. The Labute approximate surface area is 190 Å². The lowest BCUT2D eigenvalue weighted by Gasteiger charge is -2.28. The number of para-hydroxylation sites is 3. The van der Waals surface area contributed by atoms with Crippen LogP contribution in [0.2, 0.25) is 0 Å². The number of rotatable bonds is 3. The van der Waals surface area contributed by atoms with Crippen LogP contribution < -0.4 is 14.5 Å². The second-order valence-corrected chi connectivity index (χ2v) is 8.40. The van der Waals surface area contributed by atoms with Gasteiger partial charge in [0.2, 0.25) is 5.96 Å². The van der Waals surface area contributed by atoms with Crippen molar-refractivity contribution in [2.24, 2.45) is 4.99 Å². The summed E-state index contributed by atoms with van der Waals surface area (Å²) in [5, 5.41) is 0. The molecule has 0 radical (unpaired) electrons. The van der Waals surface area contributed by atoms with Gasteiger partial charge < -0.3 is 14.5 Å². The van der Waals surface area contributed by atoms with E-state index in [1.807, 2.05) is 18.2 Å². The van der Waals surface area contributed by atoms with Crippen LogP contribution in [0.25, 0.3) is 0 Å². The fraction of sp³-hybridized carbons (Fsp3) is 0.259. The van der Waals surface area contributed by atoms with Crippen LogP contribution in [-0.4, -0.2) is 24.6 Å². The first-order chi connectivity index (χ1) is 15.4. The van der Waals surface area contributed by atoms with Gasteiger partial charge in [0.25, 0.3) is 0 Å². The molecular weight excluding hydrogens is 398 g/mol. The first kappa shape index (κ1) is 21.6. The normalized spacial score (nSPS) is 17.2. The van der Waals surface area contributed by atoms with Crippen molar-refractivity contribution in [2.75, 3.05) is 16.3 Å². The van der Waals surface area contributed by atoms with E-state index in [0.717, 1.165) is 40.2 Å². The van der Waals surface area contributed by atoms with Crippen LogP contribution in [0, 0.1) is 27.7 Å². The Morgan fingerprint density at radius 1 is 0.812 bits per heavy atom. The quantitative estimate of drug-likeness (QED) is 0.500. The molecule has 1 aliphatic rings. The summed E-state index contributed by atoms with van der Waals surface area (Å²) in [7, 11) is 0. The summed E-state index contributed by atoms with van der Waals surface area (Å²) in [6.45, 7) is 11.3. The smallest absolute Gasteiger partial charge is 0.409 e. The predicted octanol–water partition coefficient (Wildman–Crippen LogP) is 6.19. The summed E-state index contributed by atoms with van der Waals surface area (Å²) in [4.78, 5) is 21.7. The Morgan fingerprint density at radius 2 is 1.34 bits per heavy atom. The third kappa shape index (κ3) is 4.11. The summed E-state index contributed by atoms with van der Waals surface area (Å²) in [6.07, 6.45) is -0.632. The molecule has 0 N–H and O–H groups in total. The van der Waals surface area contributed by atoms with E-state index < -0.39 is 6.09 Å². The first-order valence-electron chi connectivity index (χ1n) is 10.9. The van der Waals surface area contributed by atoms with E-state index in [2.05, 4.69) is 85.8 Å². The van der Waals surface area contributed by atoms with Crippen LogP contribution in [0.3, 0.4) is 0 Å². The number of aliphatic imine (C=N–C) groups is 1. The van der Waals surface area contributed by atoms with Gasteiger partial charge in [0.15, 0.2) is 0 Å². The van der Waals surface area contributed by atoms with Crippen molar-refractivity contribution in [1.82, 2.24) is 0 Å². The number of hydrogen-bond donors (Lipinski definition) is 0. The second kappa shape index (κ2) is 8.87. The Bertz CT molecular complexity index is 1130. The molecule has 1 aliphatic heterocycles. The lowest BCUT2D eigenvalue weighted by atomic mass is 10.1. The van der Waals surface area contributed by atoms with Gasteiger partial charge >= 0.3 is 6.09 Å². The van der Waals surface area contributed by atoms with Gasteiger partial charge in [-0.1, -0.05) is 54.6 Å². The zero-order valence-electron chi connectivity index (χ0n) is 19.3. The molecule has 0 aromatic heterocycles. The minimum atomic E-state index is -0.632. The number of anilines is 2. The lowest BCUT2D eigenvalue weighted by Crippen LogP contribution is -2.38. The minimum absolute atomic E-state index is 0.122. The van der Waals surface area contributed by atoms with E-state index in [9.17, 15) is 4.79 Å². The van der Waals surface area contributed by atoms with E-state index in [-0.39, 0.29) is 6.04 Å². The Balaban J connectivity index is 1.83. The number of benzene rings is 3. The van der Waals surface area contributed by atoms with E-state index in [4.69, 9.17) is 4.74 Å². The number of ether oxygens (including phenoxy) is 1. The molecule has 1 unspecified atom stereocenters. The van der Waals surface area contributed by atoms with Gasteiger partial charge in [-0.2, -0.15) is 0 Å². The van der Waals surface area contributed by atoms with Crippen molar-refractivity contribution >= 4 is 23.4 Å². The highest BCUT2D eigenvalue weighted by Crippen LogP contribution is 2.35. The standard InChI is InChI=1S/C27H29N3O2/c1-18-11-9-12-19(2)24(18)29-17-22(5)30(25-20(3)13-10-14-21(25)4)26(29)28-27(31)32-23-15-7-6-8-16-23/h6-16,22H,17H2,1-5H3. The van der Waals surface area contributed by atoms with Crippen LogP contribution >= 0.6 is 0 Å². The molecule has 5 heteroatoms. The van der Waals surface area contributed by atoms with Crippen LogP contribution in [0.4, 0.5) is 16.2 Å². The van der Waals surface area contributed by atoms with Crippen molar-refractivity contribution in [3.8, 4) is 5.75 Å². The number of carbonyl (C=O) groups is 1. The van der Waals surface area contributed by atoms with E-state index >= 15 is 0 Å². The molecule has 32 heavy (non-hydrogen) atoms.